The molecule has 0 atom stereocenters. The second-order valence-corrected chi connectivity index (χ2v) is 3.32. The molecule has 0 aliphatic heterocycles. The highest BCUT2D eigenvalue weighted by Gasteiger charge is 2.05. The van der Waals surface area contributed by atoms with Crippen LogP contribution in [0.5, 0.6) is 0 Å². The van der Waals surface area contributed by atoms with Crippen LogP contribution in [0, 0.1) is 0 Å². The van der Waals surface area contributed by atoms with Gasteiger partial charge < -0.3 is 5.11 Å². The molecule has 0 aliphatic rings. The summed E-state index contributed by atoms with van der Waals surface area (Å²) in [6.45, 7) is 2.96. The summed E-state index contributed by atoms with van der Waals surface area (Å²) in [4.78, 5) is 10.5. The summed E-state index contributed by atoms with van der Waals surface area (Å²) in [5, 5.41) is 12.7. The summed E-state index contributed by atoms with van der Waals surface area (Å²) in [6, 6.07) is 1.76. The van der Waals surface area contributed by atoms with E-state index in [2.05, 4.69) is 12.0 Å². The van der Waals surface area contributed by atoms with Crippen molar-refractivity contribution in [2.45, 2.75) is 39.2 Å². The van der Waals surface area contributed by atoms with E-state index < -0.39 is 5.97 Å². The van der Waals surface area contributed by atoms with E-state index in [1.165, 1.54) is 0 Å². The van der Waals surface area contributed by atoms with E-state index in [1.54, 1.807) is 16.9 Å². The van der Waals surface area contributed by atoms with Crippen LogP contribution < -0.4 is 0 Å². The second kappa shape index (κ2) is 5.42. The number of aliphatic carboxylic acids is 1. The number of carboxylic acid groups (broad SMARTS) is 1. The zero-order valence-electron chi connectivity index (χ0n) is 8.44. The van der Waals surface area contributed by atoms with Crippen LogP contribution in [0.1, 0.15) is 31.9 Å². The van der Waals surface area contributed by atoms with Crippen LogP contribution in [-0.2, 0) is 17.8 Å². The minimum atomic E-state index is -0.803. The molecule has 1 N–H and O–H groups in total. The van der Waals surface area contributed by atoms with Crippen LogP contribution >= 0.6 is 0 Å². The number of nitrogens with zero attached hydrogens (tertiary/aromatic N) is 2. The molecule has 0 aliphatic carbocycles. The number of aryl methyl sites for hydroxylation is 1. The third-order valence-electron chi connectivity index (χ3n) is 2.11. The Morgan fingerprint density at radius 2 is 2.36 bits per heavy atom. The highest BCUT2D eigenvalue weighted by Crippen LogP contribution is 2.03. The van der Waals surface area contributed by atoms with Gasteiger partial charge in [0, 0.05) is 18.4 Å². The van der Waals surface area contributed by atoms with Crippen molar-refractivity contribution < 1.29 is 9.90 Å². The Bertz CT molecular complexity index is 294. The van der Waals surface area contributed by atoms with Crippen molar-refractivity contribution in [1.29, 1.82) is 0 Å². The van der Waals surface area contributed by atoms with Crippen LogP contribution in [0.4, 0.5) is 0 Å². The Hall–Kier alpha value is -1.32. The molecule has 1 aromatic heterocycles. The molecule has 1 aromatic rings. The predicted molar refractivity (Wildman–Crippen MR) is 53.1 cm³/mol. The molecule has 4 nitrogen and oxygen atoms in total. The maximum absolute atomic E-state index is 10.5. The quantitative estimate of drug-likeness (QED) is 0.704. The monoisotopic (exact) mass is 196 g/mol. The van der Waals surface area contributed by atoms with Gasteiger partial charge in [-0.1, -0.05) is 19.8 Å². The highest BCUT2D eigenvalue weighted by molar-refractivity contribution is 5.69. The van der Waals surface area contributed by atoms with E-state index >= 15 is 0 Å². The van der Waals surface area contributed by atoms with Crippen molar-refractivity contribution in [3.05, 3.63) is 18.0 Å². The molecule has 0 bridgehead atoms. The first kappa shape index (κ1) is 10.8. The molecule has 78 valence electrons. The number of hydrogen-bond donors (Lipinski definition) is 1. The van der Waals surface area contributed by atoms with Crippen molar-refractivity contribution in [3.8, 4) is 0 Å². The molecule has 0 saturated carbocycles. The minimum Gasteiger partial charge on any atom is -0.481 e. The van der Waals surface area contributed by atoms with E-state index in [-0.39, 0.29) is 6.42 Å². The van der Waals surface area contributed by atoms with Crippen molar-refractivity contribution in [2.75, 3.05) is 0 Å². The standard InChI is InChI=1S/C10H16N2O2/c1-2-3-4-7-12-9(5-6-11-12)8-10(13)14/h5-6H,2-4,7-8H2,1H3,(H,13,14). The fraction of sp³-hybridized carbons (Fsp3) is 0.600. The van der Waals surface area contributed by atoms with Gasteiger partial charge in [0.1, 0.15) is 0 Å². The van der Waals surface area contributed by atoms with Crippen molar-refractivity contribution in [1.82, 2.24) is 9.78 Å². The maximum atomic E-state index is 10.5. The van der Waals surface area contributed by atoms with Gasteiger partial charge in [-0.2, -0.15) is 5.10 Å². The summed E-state index contributed by atoms with van der Waals surface area (Å²) in [7, 11) is 0. The lowest BCUT2D eigenvalue weighted by Crippen LogP contribution is -2.09. The molecule has 0 spiro atoms. The largest absolute Gasteiger partial charge is 0.481 e. The normalized spacial score (nSPS) is 10.4. The van der Waals surface area contributed by atoms with Crippen LogP contribution in [-0.4, -0.2) is 20.9 Å². The second-order valence-electron chi connectivity index (χ2n) is 3.32. The van der Waals surface area contributed by atoms with E-state index in [9.17, 15) is 4.79 Å². The van der Waals surface area contributed by atoms with E-state index in [0.717, 1.165) is 31.5 Å². The smallest absolute Gasteiger partial charge is 0.309 e. The van der Waals surface area contributed by atoms with Crippen LogP contribution in [0.3, 0.4) is 0 Å². The number of hydrogen-bond acceptors (Lipinski definition) is 2. The summed E-state index contributed by atoms with van der Waals surface area (Å²) in [5.74, 6) is -0.803. The van der Waals surface area contributed by atoms with Crippen LogP contribution in [0.15, 0.2) is 12.3 Å². The first-order valence-electron chi connectivity index (χ1n) is 4.96. The summed E-state index contributed by atoms with van der Waals surface area (Å²) in [5.41, 5.74) is 0.786. The van der Waals surface area contributed by atoms with Crippen molar-refractivity contribution in [3.63, 3.8) is 0 Å². The number of rotatable bonds is 6. The summed E-state index contributed by atoms with van der Waals surface area (Å²) >= 11 is 0. The third kappa shape index (κ3) is 3.20. The molecule has 0 amide bonds. The topological polar surface area (TPSA) is 55.1 Å². The molecule has 0 saturated heterocycles. The molecule has 1 rings (SSSR count). The Labute approximate surface area is 83.5 Å². The van der Waals surface area contributed by atoms with Gasteiger partial charge in [-0.15, -0.1) is 0 Å². The van der Waals surface area contributed by atoms with Gasteiger partial charge in [-0.25, -0.2) is 0 Å². The van der Waals surface area contributed by atoms with Crippen LogP contribution in [0.25, 0.3) is 0 Å². The number of aromatic nitrogens is 2. The molecular formula is C10H16N2O2. The van der Waals surface area contributed by atoms with Gasteiger partial charge in [0.15, 0.2) is 0 Å². The highest BCUT2D eigenvalue weighted by atomic mass is 16.4. The summed E-state index contributed by atoms with van der Waals surface area (Å²) in [6.07, 6.45) is 5.10. The van der Waals surface area contributed by atoms with Gasteiger partial charge in [0.2, 0.25) is 0 Å². The van der Waals surface area contributed by atoms with Crippen LogP contribution in [0.2, 0.25) is 0 Å². The Kier molecular flexibility index (Phi) is 4.16. The molecule has 0 fully saturated rings. The average molecular weight is 196 g/mol. The zero-order chi connectivity index (χ0) is 10.4. The molecule has 0 aromatic carbocycles. The van der Waals surface area contributed by atoms with E-state index in [4.69, 9.17) is 5.11 Å². The first-order chi connectivity index (χ1) is 6.74. The van der Waals surface area contributed by atoms with Gasteiger partial charge in [-0.05, 0) is 12.5 Å². The molecule has 0 radical (unpaired) electrons. The molecule has 0 unspecified atom stereocenters. The zero-order valence-corrected chi connectivity index (χ0v) is 8.44. The Morgan fingerprint density at radius 1 is 1.57 bits per heavy atom. The molecule has 1 heterocycles. The van der Waals surface area contributed by atoms with Gasteiger partial charge >= 0.3 is 5.97 Å². The minimum absolute atomic E-state index is 0.0616. The maximum Gasteiger partial charge on any atom is 0.309 e. The van der Waals surface area contributed by atoms with Gasteiger partial charge in [-0.3, -0.25) is 9.48 Å². The lowest BCUT2D eigenvalue weighted by Gasteiger charge is -2.04. The SMILES string of the molecule is CCCCCn1nccc1CC(=O)O. The van der Waals surface area contributed by atoms with Crippen molar-refractivity contribution >= 4 is 5.97 Å². The van der Waals surface area contributed by atoms with Gasteiger partial charge in [0.05, 0.1) is 6.42 Å². The number of carbonyl (C=O) groups is 1. The fourth-order valence-electron chi connectivity index (χ4n) is 1.38. The van der Waals surface area contributed by atoms with Crippen molar-refractivity contribution in [2.24, 2.45) is 0 Å². The molecular weight excluding hydrogens is 180 g/mol. The lowest BCUT2D eigenvalue weighted by molar-refractivity contribution is -0.136. The third-order valence-corrected chi connectivity index (χ3v) is 2.11. The number of carboxylic acids is 1. The Balaban J connectivity index is 2.49. The number of unbranched alkanes of at least 4 members (excludes halogenated alkanes) is 2. The predicted octanol–water partition coefficient (Wildman–Crippen LogP) is 1.70. The van der Waals surface area contributed by atoms with E-state index in [0.29, 0.717) is 0 Å². The lowest BCUT2D eigenvalue weighted by atomic mass is 10.2. The summed E-state index contributed by atoms with van der Waals surface area (Å²) < 4.78 is 1.78. The average Bonchev–Trinajstić information content (AvgIpc) is 2.52. The molecule has 14 heavy (non-hydrogen) atoms. The first-order valence-corrected chi connectivity index (χ1v) is 4.96. The van der Waals surface area contributed by atoms with Gasteiger partial charge in [0.25, 0.3) is 0 Å². The Morgan fingerprint density at radius 3 is 3.00 bits per heavy atom. The fourth-order valence-corrected chi connectivity index (χ4v) is 1.38. The molecule has 4 heteroatoms. The van der Waals surface area contributed by atoms with E-state index in [1.807, 2.05) is 0 Å².